The number of aryl methyl sites for hydroxylation is 1. The average molecular weight is 1030 g/mol. The number of hydrogen-bond donors (Lipinski definition) is 1. The summed E-state index contributed by atoms with van der Waals surface area (Å²) in [6.07, 6.45) is 0. The molecule has 383 valence electrons. The van der Waals surface area contributed by atoms with Crippen molar-refractivity contribution in [1.29, 1.82) is 0 Å². The van der Waals surface area contributed by atoms with E-state index in [4.69, 9.17) is 0 Å². The van der Waals surface area contributed by atoms with Gasteiger partial charge in [-0.15, -0.1) is 11.3 Å². The maximum Gasteiger partial charge on any atom is 0.197 e. The first-order valence-corrected chi connectivity index (χ1v) is 28.3. The molecule has 5 heteroatoms. The number of hydrogen-bond acceptors (Lipinski definition) is 4. The van der Waals surface area contributed by atoms with E-state index in [0.29, 0.717) is 0 Å². The molecular weight excluding hydrogens is 962 g/mol. The first-order chi connectivity index (χ1) is 37.5. The molecule has 1 aromatic heterocycles. The second-order valence-corrected chi connectivity index (χ2v) is 25.3. The molecule has 0 atom stereocenters. The van der Waals surface area contributed by atoms with Gasteiger partial charge in [-0.25, -0.2) is 0 Å². The van der Waals surface area contributed by atoms with Crippen molar-refractivity contribution in [3.63, 3.8) is 0 Å². The van der Waals surface area contributed by atoms with Crippen LogP contribution in [0.15, 0.2) is 218 Å². The number of rotatable bonds is 9. The van der Waals surface area contributed by atoms with Crippen LogP contribution in [0.2, 0.25) is 0 Å². The van der Waals surface area contributed by atoms with Crippen molar-refractivity contribution in [3.8, 4) is 33.4 Å². The molecule has 0 spiro atoms. The Morgan fingerprint density at radius 2 is 0.974 bits per heavy atom. The Labute approximate surface area is 467 Å². The molecule has 0 aliphatic carbocycles. The van der Waals surface area contributed by atoms with E-state index in [-0.39, 0.29) is 16.2 Å². The molecule has 10 aromatic carbocycles. The molecule has 1 N–H and O–H groups in total. The van der Waals surface area contributed by atoms with Crippen molar-refractivity contribution in [3.05, 3.63) is 241 Å². The van der Waals surface area contributed by atoms with Crippen LogP contribution in [0.25, 0.3) is 53.6 Å². The van der Waals surface area contributed by atoms with E-state index in [0.717, 1.165) is 39.6 Å². The van der Waals surface area contributed by atoms with Crippen LogP contribution >= 0.6 is 11.3 Å². The van der Waals surface area contributed by atoms with E-state index in [9.17, 15) is 0 Å². The van der Waals surface area contributed by atoms with E-state index >= 15 is 0 Å². The number of fused-ring (bicyclic) bond motifs is 6. The van der Waals surface area contributed by atoms with Crippen molar-refractivity contribution < 1.29 is 0 Å². The first-order valence-electron chi connectivity index (χ1n) is 27.5. The van der Waals surface area contributed by atoms with Gasteiger partial charge >= 0.3 is 0 Å². The summed E-state index contributed by atoms with van der Waals surface area (Å²) < 4.78 is 2.51. The third-order valence-corrected chi connectivity index (χ3v) is 16.8. The van der Waals surface area contributed by atoms with E-state index in [2.05, 4.69) is 310 Å². The summed E-state index contributed by atoms with van der Waals surface area (Å²) in [5.74, 6) is 0. The third kappa shape index (κ3) is 9.60. The van der Waals surface area contributed by atoms with Crippen LogP contribution in [0.5, 0.6) is 0 Å². The molecule has 0 bridgehead atoms. The molecule has 0 fully saturated rings. The Kier molecular flexibility index (Phi) is 12.8. The molecule has 2 heterocycles. The molecule has 11 aromatic rings. The van der Waals surface area contributed by atoms with Crippen LogP contribution in [-0.2, 0) is 16.2 Å². The number of benzene rings is 10. The van der Waals surface area contributed by atoms with Crippen molar-refractivity contribution in [2.24, 2.45) is 0 Å². The number of anilines is 8. The molecule has 1 radical (unpaired) electrons. The summed E-state index contributed by atoms with van der Waals surface area (Å²) in [6.45, 7) is 22.9. The number of thiophene rings is 1. The highest BCUT2D eigenvalue weighted by molar-refractivity contribution is 7.26. The van der Waals surface area contributed by atoms with Gasteiger partial charge in [-0.1, -0.05) is 207 Å². The molecule has 0 amide bonds. The highest BCUT2D eigenvalue weighted by Crippen LogP contribution is 2.50. The second kappa shape index (κ2) is 19.7. The predicted molar refractivity (Wildman–Crippen MR) is 341 cm³/mol. The predicted octanol–water partition coefficient (Wildman–Crippen LogP) is 19.9. The molecular formula is C73H67BN3S. The lowest BCUT2D eigenvalue weighted by Gasteiger charge is -2.37. The Morgan fingerprint density at radius 1 is 0.436 bits per heavy atom. The highest BCUT2D eigenvalue weighted by atomic mass is 32.1. The average Bonchev–Trinajstić information content (AvgIpc) is 3.90. The summed E-state index contributed by atoms with van der Waals surface area (Å²) in [6, 6.07) is 81.3. The minimum absolute atomic E-state index is 0.00726. The minimum atomic E-state index is -0.00726. The summed E-state index contributed by atoms with van der Waals surface area (Å²) in [5, 5.41) is 6.53. The zero-order valence-corrected chi connectivity index (χ0v) is 47.5. The van der Waals surface area contributed by atoms with Crippen LogP contribution in [-0.4, -0.2) is 7.28 Å². The van der Waals surface area contributed by atoms with Crippen LogP contribution in [0, 0.1) is 6.92 Å². The van der Waals surface area contributed by atoms with Gasteiger partial charge in [-0.2, -0.15) is 0 Å². The fourth-order valence-electron chi connectivity index (χ4n) is 11.3. The van der Waals surface area contributed by atoms with Crippen molar-refractivity contribution in [2.75, 3.05) is 15.1 Å². The molecule has 12 rings (SSSR count). The zero-order chi connectivity index (χ0) is 54.1. The lowest BCUT2D eigenvalue weighted by Crippen LogP contribution is -2.41. The monoisotopic (exact) mass is 1030 g/mol. The van der Waals surface area contributed by atoms with Crippen LogP contribution < -0.4 is 26.0 Å². The van der Waals surface area contributed by atoms with Gasteiger partial charge in [0, 0.05) is 65.5 Å². The maximum absolute atomic E-state index is 4.00. The van der Waals surface area contributed by atoms with Crippen molar-refractivity contribution in [2.45, 2.75) is 85.5 Å². The Hall–Kier alpha value is -8.12. The van der Waals surface area contributed by atoms with Gasteiger partial charge < -0.3 is 15.1 Å². The molecule has 1 aliphatic heterocycles. The van der Waals surface area contributed by atoms with Crippen molar-refractivity contribution >= 4 is 95.2 Å². The summed E-state index contributed by atoms with van der Waals surface area (Å²) in [4.78, 5) is 5.03. The van der Waals surface area contributed by atoms with Gasteiger partial charge in [0.15, 0.2) is 7.28 Å². The Bertz CT molecular complexity index is 3950. The molecule has 0 unspecified atom stereocenters. The normalized spacial score (nSPS) is 12.6. The second-order valence-electron chi connectivity index (χ2n) is 24.3. The summed E-state index contributed by atoms with van der Waals surface area (Å²) in [7, 11) is 2.47. The van der Waals surface area contributed by atoms with E-state index in [1.807, 2.05) is 11.3 Å². The van der Waals surface area contributed by atoms with Gasteiger partial charge in [0.1, 0.15) is 0 Å². The van der Waals surface area contributed by atoms with E-state index < -0.39 is 0 Å². The highest BCUT2D eigenvalue weighted by Gasteiger charge is 2.33. The fourth-order valence-corrected chi connectivity index (χ4v) is 12.4. The Balaban J connectivity index is 1.14. The van der Waals surface area contributed by atoms with Gasteiger partial charge in [-0.3, -0.25) is 0 Å². The van der Waals surface area contributed by atoms with Crippen molar-refractivity contribution in [1.82, 2.24) is 0 Å². The lowest BCUT2D eigenvalue weighted by atomic mass is 9.57. The zero-order valence-electron chi connectivity index (χ0n) is 46.7. The molecule has 0 saturated carbocycles. The number of nitrogens with one attached hydrogen (secondary N) is 1. The smallest absolute Gasteiger partial charge is 0.197 e. The number of nitrogens with zero attached hydrogens (tertiary/aromatic N) is 2. The van der Waals surface area contributed by atoms with Crippen LogP contribution in [0.3, 0.4) is 0 Å². The molecule has 0 saturated heterocycles. The maximum atomic E-state index is 4.00. The SMILES string of the molecule is Cc1cc(C(C)(C)C)ccc1N1c2cc(-c3ccccc3)ccc2[B]c2c(-c3cc(N(c4ccc(C(C)(C)C)cc4)c4ccc(C(C)(C)C)cc4)ccc3Nc3ccc(-c4ccccc4)cc3)cc3sc4ccccc4c3c21. The van der Waals surface area contributed by atoms with Crippen LogP contribution in [0.1, 0.15) is 84.6 Å². The van der Waals surface area contributed by atoms with Gasteiger partial charge in [0.05, 0.1) is 5.69 Å². The third-order valence-electron chi connectivity index (χ3n) is 15.7. The van der Waals surface area contributed by atoms with Crippen LogP contribution in [0.4, 0.5) is 45.5 Å². The van der Waals surface area contributed by atoms with Gasteiger partial charge in [0.2, 0.25) is 0 Å². The fraction of sp³-hybridized carbons (Fsp3) is 0.178. The molecule has 78 heavy (non-hydrogen) atoms. The van der Waals surface area contributed by atoms with Gasteiger partial charge in [-0.05, 0) is 158 Å². The minimum Gasteiger partial charge on any atom is -0.355 e. The standard InChI is InChI=1S/C73H67BN3S/c1-47-43-54(73(8,9)10)32-42-64(47)77-65-44-51(49-21-15-12-16-22-49)27-40-62(65)74-69-61(46-67-68(70(69)77)59-23-17-18-24-66(59)78-67)60-45-58(39-41-63(60)75-55-33-25-50(26-34-55)48-19-13-11-14-20-48)76(56-35-28-52(29-36-56)71(2,3)4)57-37-30-53(31-38-57)72(5,6)7/h11-46,75H,1-10H3. The van der Waals surface area contributed by atoms with E-state index in [1.54, 1.807) is 0 Å². The quantitative estimate of drug-likeness (QED) is 0.145. The van der Waals surface area contributed by atoms with E-state index in [1.165, 1.54) is 92.7 Å². The molecule has 1 aliphatic rings. The lowest BCUT2D eigenvalue weighted by molar-refractivity contribution is 0.589. The van der Waals surface area contributed by atoms with Gasteiger partial charge in [0.25, 0.3) is 0 Å². The summed E-state index contributed by atoms with van der Waals surface area (Å²) >= 11 is 1.88. The largest absolute Gasteiger partial charge is 0.355 e. The topological polar surface area (TPSA) is 18.5 Å². The molecule has 3 nitrogen and oxygen atoms in total. The Morgan fingerprint density at radius 3 is 1.58 bits per heavy atom. The first kappa shape index (κ1) is 50.7. The summed E-state index contributed by atoms with van der Waals surface area (Å²) in [5.41, 5.74) is 23.4.